The van der Waals surface area contributed by atoms with E-state index in [2.05, 4.69) is 16.0 Å². The normalized spacial score (nSPS) is 16.1. The minimum atomic E-state index is -1.21. The summed E-state index contributed by atoms with van der Waals surface area (Å²) in [6, 6.07) is 16.2. The van der Waals surface area contributed by atoms with E-state index in [0.29, 0.717) is 91.1 Å². The first-order chi connectivity index (χ1) is 27.1. The summed E-state index contributed by atoms with van der Waals surface area (Å²) in [5.74, 6) is -0.751. The summed E-state index contributed by atoms with van der Waals surface area (Å²) in [5, 5.41) is 13.2. The molecule has 1 aromatic heterocycles. The predicted molar refractivity (Wildman–Crippen MR) is 211 cm³/mol. The van der Waals surface area contributed by atoms with Gasteiger partial charge in [0.05, 0.1) is 52.9 Å². The number of nitrogens with one attached hydrogen (secondary N) is 1. The number of hydrogen-bond acceptors (Lipinski definition) is 8. The monoisotopic (exact) mass is 777 g/mol. The van der Waals surface area contributed by atoms with Gasteiger partial charge in [-0.05, 0) is 62.4 Å². The van der Waals surface area contributed by atoms with Gasteiger partial charge in [0.25, 0.3) is 5.91 Å². The maximum absolute atomic E-state index is 13.9. The highest BCUT2D eigenvalue weighted by molar-refractivity contribution is 5.98. The van der Waals surface area contributed by atoms with E-state index in [-0.39, 0.29) is 17.7 Å². The molecule has 5 rings (SSSR count). The molecule has 0 bridgehead atoms. The molecule has 4 amide bonds. The van der Waals surface area contributed by atoms with Crippen LogP contribution < -0.4 is 5.32 Å². The van der Waals surface area contributed by atoms with Crippen LogP contribution in [-0.4, -0.2) is 140 Å². The van der Waals surface area contributed by atoms with Gasteiger partial charge in [-0.2, -0.15) is 0 Å². The molecule has 3 aromatic rings. The van der Waals surface area contributed by atoms with Crippen molar-refractivity contribution in [1.82, 2.24) is 24.6 Å². The van der Waals surface area contributed by atoms with Crippen LogP contribution in [0.4, 0.5) is 4.79 Å². The topological polar surface area (TPSA) is 152 Å². The van der Waals surface area contributed by atoms with Crippen LogP contribution in [0.5, 0.6) is 0 Å². The zero-order valence-corrected chi connectivity index (χ0v) is 33.2. The van der Waals surface area contributed by atoms with Gasteiger partial charge in [0.1, 0.15) is 12.1 Å². The summed E-state index contributed by atoms with van der Waals surface area (Å²) in [6.07, 6.45) is 3.51. The van der Waals surface area contributed by atoms with Gasteiger partial charge >= 0.3 is 6.09 Å². The average Bonchev–Trinajstić information content (AvgIpc) is 3.54. The average molecular weight is 778 g/mol. The molecule has 14 nitrogen and oxygen atoms in total. The van der Waals surface area contributed by atoms with Crippen molar-refractivity contribution in [2.24, 2.45) is 5.92 Å². The Morgan fingerprint density at radius 3 is 2.05 bits per heavy atom. The van der Waals surface area contributed by atoms with E-state index < -0.39 is 24.1 Å². The van der Waals surface area contributed by atoms with Crippen molar-refractivity contribution in [2.45, 2.75) is 71.2 Å². The second-order valence-electron chi connectivity index (χ2n) is 14.7. The summed E-state index contributed by atoms with van der Waals surface area (Å²) in [6.45, 7) is 9.82. The molecular weight excluding hydrogens is 718 g/mol. The molecule has 1 aliphatic heterocycles. The van der Waals surface area contributed by atoms with E-state index in [4.69, 9.17) is 18.9 Å². The lowest BCUT2D eigenvalue weighted by Gasteiger charge is -2.39. The Balaban J connectivity index is 1.02. The highest BCUT2D eigenvalue weighted by atomic mass is 16.6. The van der Waals surface area contributed by atoms with E-state index in [1.807, 2.05) is 55.5 Å². The number of carbonyl (C=O) groups excluding carboxylic acids is 3. The molecular formula is C42H59N5O9. The summed E-state index contributed by atoms with van der Waals surface area (Å²) in [5.41, 5.74) is 3.84. The zero-order valence-electron chi connectivity index (χ0n) is 33.2. The molecule has 1 saturated heterocycles. The summed E-state index contributed by atoms with van der Waals surface area (Å²) in [7, 11) is 1.34. The molecule has 0 unspecified atom stereocenters. The lowest BCUT2D eigenvalue weighted by atomic mass is 9.83. The summed E-state index contributed by atoms with van der Waals surface area (Å²) in [4.78, 5) is 56.5. The van der Waals surface area contributed by atoms with Gasteiger partial charge in [-0.1, -0.05) is 49.6 Å². The first-order valence-corrected chi connectivity index (χ1v) is 19.9. The number of piperazine rings is 1. The van der Waals surface area contributed by atoms with Crippen molar-refractivity contribution in [3.8, 4) is 0 Å². The fourth-order valence-corrected chi connectivity index (χ4v) is 7.39. The number of aromatic nitrogens is 1. The number of fused-ring (bicyclic) bond motifs is 1. The van der Waals surface area contributed by atoms with Gasteiger partial charge in [0.2, 0.25) is 11.8 Å². The molecule has 2 N–H and O–H groups in total. The van der Waals surface area contributed by atoms with Crippen LogP contribution in [-0.2, 0) is 41.7 Å². The van der Waals surface area contributed by atoms with E-state index in [0.717, 1.165) is 59.2 Å². The van der Waals surface area contributed by atoms with Crippen molar-refractivity contribution >= 4 is 34.7 Å². The van der Waals surface area contributed by atoms with Gasteiger partial charge in [0.15, 0.2) is 0 Å². The maximum atomic E-state index is 13.9. The SMILES string of the molecule is Cc1cc2cc(C(=O)N3CCN(C(=O)[C@@H](NC(=O)[C@H](C)N(C)C(=O)O)C4CCCCC4)CC3)ccc2n1CCOCCOCCOCCOCc1ccccc1. The van der Waals surface area contributed by atoms with E-state index in [1.54, 1.807) is 9.80 Å². The number of hydrogen-bond donors (Lipinski definition) is 2. The molecule has 0 radical (unpaired) electrons. The second-order valence-corrected chi connectivity index (χ2v) is 14.7. The van der Waals surface area contributed by atoms with Crippen LogP contribution in [0.15, 0.2) is 54.6 Å². The van der Waals surface area contributed by atoms with Gasteiger partial charge in [0, 0.05) is 61.9 Å². The molecule has 56 heavy (non-hydrogen) atoms. The Kier molecular flexibility index (Phi) is 16.5. The number of amides is 4. The van der Waals surface area contributed by atoms with Crippen molar-refractivity contribution in [3.63, 3.8) is 0 Å². The largest absolute Gasteiger partial charge is 0.465 e. The fourth-order valence-electron chi connectivity index (χ4n) is 7.39. The third kappa shape index (κ3) is 12.0. The first-order valence-electron chi connectivity index (χ1n) is 19.9. The highest BCUT2D eigenvalue weighted by Gasteiger charge is 2.37. The van der Waals surface area contributed by atoms with Gasteiger partial charge < -0.3 is 43.7 Å². The lowest BCUT2D eigenvalue weighted by Crippen LogP contribution is -2.59. The van der Waals surface area contributed by atoms with Crippen LogP contribution in [0.3, 0.4) is 0 Å². The molecule has 14 heteroatoms. The number of benzene rings is 2. The smallest absolute Gasteiger partial charge is 0.407 e. The molecule has 2 fully saturated rings. The number of aryl methyl sites for hydroxylation is 1. The molecule has 2 aromatic carbocycles. The molecule has 2 aliphatic rings. The Morgan fingerprint density at radius 1 is 0.804 bits per heavy atom. The van der Waals surface area contributed by atoms with E-state index in [9.17, 15) is 24.3 Å². The molecule has 0 spiro atoms. The van der Waals surface area contributed by atoms with Crippen molar-refractivity contribution in [1.29, 1.82) is 0 Å². The molecule has 2 heterocycles. The lowest BCUT2D eigenvalue weighted by molar-refractivity contribution is -0.140. The van der Waals surface area contributed by atoms with Crippen LogP contribution in [0, 0.1) is 12.8 Å². The standard InChI is InChI=1S/C42H59N5O9/c1-31-28-36-29-35(14-15-37(36)47(31)20-21-53-22-23-54-24-25-55-26-27-56-30-33-10-6-4-7-11-33)40(49)45-16-18-46(19-17-45)41(50)38(34-12-8-5-9-13-34)43-39(48)32(2)44(3)42(51)52/h4,6-7,10-11,14-15,28-29,32,34,38H,5,8-9,12-13,16-27,30H2,1-3H3,(H,43,48)(H,51,52)/t32-,38-/m0/s1. The number of nitrogens with zero attached hydrogens (tertiary/aromatic N) is 4. The van der Waals surface area contributed by atoms with Crippen LogP contribution in [0.25, 0.3) is 10.9 Å². The number of rotatable bonds is 20. The van der Waals surface area contributed by atoms with Crippen molar-refractivity contribution in [3.05, 3.63) is 71.4 Å². The van der Waals surface area contributed by atoms with Gasteiger partial charge in [-0.25, -0.2) is 4.79 Å². The van der Waals surface area contributed by atoms with Crippen LogP contribution in [0.2, 0.25) is 0 Å². The molecule has 1 saturated carbocycles. The third-order valence-electron chi connectivity index (χ3n) is 10.9. The quantitative estimate of drug-likeness (QED) is 0.157. The maximum Gasteiger partial charge on any atom is 0.407 e. The van der Waals surface area contributed by atoms with Crippen LogP contribution in [0.1, 0.15) is 60.6 Å². The number of likely N-dealkylation sites (N-methyl/N-ethyl adjacent to an activating group) is 1. The molecule has 306 valence electrons. The van der Waals surface area contributed by atoms with Crippen molar-refractivity contribution < 1.29 is 43.2 Å². The van der Waals surface area contributed by atoms with E-state index in [1.165, 1.54) is 14.0 Å². The number of carboxylic acid groups (broad SMARTS) is 1. The van der Waals surface area contributed by atoms with Gasteiger partial charge in [-0.15, -0.1) is 0 Å². The first kappa shape index (κ1) is 42.6. The Labute approximate surface area is 330 Å². The summed E-state index contributed by atoms with van der Waals surface area (Å²) >= 11 is 0. The van der Waals surface area contributed by atoms with Crippen LogP contribution >= 0.6 is 0 Å². The zero-order chi connectivity index (χ0) is 39.9. The fraction of sp³-hybridized carbons (Fsp3) is 0.571. The number of carbonyl (C=O) groups is 4. The Hall–Kier alpha value is -4.50. The Morgan fingerprint density at radius 2 is 1.41 bits per heavy atom. The highest BCUT2D eigenvalue weighted by Crippen LogP contribution is 2.28. The minimum Gasteiger partial charge on any atom is -0.465 e. The number of ether oxygens (including phenoxy) is 4. The third-order valence-corrected chi connectivity index (χ3v) is 10.9. The predicted octanol–water partition coefficient (Wildman–Crippen LogP) is 4.56. The van der Waals surface area contributed by atoms with Crippen molar-refractivity contribution in [2.75, 3.05) is 79.5 Å². The van der Waals surface area contributed by atoms with E-state index >= 15 is 0 Å². The Bertz CT molecular complexity index is 1720. The van der Waals surface area contributed by atoms with Gasteiger partial charge in [-0.3, -0.25) is 19.3 Å². The molecule has 2 atom stereocenters. The molecule has 1 aliphatic carbocycles. The minimum absolute atomic E-state index is 0.0109. The summed E-state index contributed by atoms with van der Waals surface area (Å²) < 4.78 is 24.8. The second kappa shape index (κ2) is 21.7.